The van der Waals surface area contributed by atoms with E-state index in [0.717, 1.165) is 11.3 Å². The van der Waals surface area contributed by atoms with Gasteiger partial charge in [-0.1, -0.05) is 35.1 Å². The van der Waals surface area contributed by atoms with Crippen LogP contribution in [0.5, 0.6) is 5.75 Å². The number of aliphatic hydroxyl groups is 1. The van der Waals surface area contributed by atoms with Crippen molar-refractivity contribution >= 4 is 51.5 Å². The third kappa shape index (κ3) is 4.28. The van der Waals surface area contributed by atoms with Gasteiger partial charge in [-0.2, -0.15) is 0 Å². The number of anilines is 1. The standard InChI is InChI=1S/C25H21ClN2O6S/c1-12-11-16(33-3)9-10-17(12)20(29)18-19(14-5-7-15(26)8-6-14)28(23(31)21(18)30)25-27-13(2)22(35-25)24(32)34-4/h5-11,19,29H,1-4H3/t19-/m0/s1. The fourth-order valence-corrected chi connectivity index (χ4v) is 5.07. The molecular weight excluding hydrogens is 492 g/mol. The van der Waals surface area contributed by atoms with Crippen molar-refractivity contribution < 1.29 is 29.0 Å². The summed E-state index contributed by atoms with van der Waals surface area (Å²) in [5.74, 6) is -2.08. The Morgan fingerprint density at radius 1 is 1.11 bits per heavy atom. The van der Waals surface area contributed by atoms with Gasteiger partial charge in [-0.3, -0.25) is 14.5 Å². The Hall–Kier alpha value is -3.69. The first-order valence-corrected chi connectivity index (χ1v) is 11.6. The number of nitrogens with zero attached hydrogens (tertiary/aromatic N) is 2. The Labute approximate surface area is 210 Å². The van der Waals surface area contributed by atoms with Gasteiger partial charge in [-0.15, -0.1) is 0 Å². The largest absolute Gasteiger partial charge is 0.507 e. The van der Waals surface area contributed by atoms with Crippen molar-refractivity contribution in [3.05, 3.63) is 80.3 Å². The first-order chi connectivity index (χ1) is 16.7. The number of aryl methyl sites for hydroxylation is 2. The maximum Gasteiger partial charge on any atom is 0.350 e. The van der Waals surface area contributed by atoms with Crippen LogP contribution in [-0.4, -0.2) is 42.0 Å². The molecule has 1 aromatic heterocycles. The van der Waals surface area contributed by atoms with E-state index in [2.05, 4.69) is 4.98 Å². The van der Waals surface area contributed by atoms with Crippen LogP contribution in [0.4, 0.5) is 5.13 Å². The molecule has 0 unspecified atom stereocenters. The first-order valence-electron chi connectivity index (χ1n) is 10.4. The summed E-state index contributed by atoms with van der Waals surface area (Å²) in [4.78, 5) is 44.5. The highest BCUT2D eigenvalue weighted by molar-refractivity contribution is 7.17. The number of esters is 1. The summed E-state index contributed by atoms with van der Waals surface area (Å²) in [6, 6.07) is 10.6. The molecule has 0 radical (unpaired) electrons. The molecule has 2 heterocycles. The molecule has 35 heavy (non-hydrogen) atoms. The Morgan fingerprint density at radius 3 is 2.40 bits per heavy atom. The van der Waals surface area contributed by atoms with Gasteiger partial charge in [0.05, 0.1) is 31.5 Å². The molecule has 0 saturated carbocycles. The van der Waals surface area contributed by atoms with Crippen LogP contribution in [0.1, 0.15) is 38.1 Å². The number of hydrogen-bond donors (Lipinski definition) is 1. The Morgan fingerprint density at radius 2 is 1.80 bits per heavy atom. The molecule has 0 spiro atoms. The number of aromatic nitrogens is 1. The number of benzene rings is 2. The third-order valence-electron chi connectivity index (χ3n) is 5.68. The highest BCUT2D eigenvalue weighted by Crippen LogP contribution is 2.44. The van der Waals surface area contributed by atoms with Crippen LogP contribution in [0.25, 0.3) is 5.76 Å². The van der Waals surface area contributed by atoms with Crippen molar-refractivity contribution in [2.75, 3.05) is 19.1 Å². The number of ketones is 1. The van der Waals surface area contributed by atoms with Crippen molar-refractivity contribution in [2.24, 2.45) is 0 Å². The molecule has 1 saturated heterocycles. The quantitative estimate of drug-likeness (QED) is 0.226. The van der Waals surface area contributed by atoms with Crippen molar-refractivity contribution in [2.45, 2.75) is 19.9 Å². The number of amides is 1. The maximum absolute atomic E-state index is 13.3. The molecule has 4 rings (SSSR count). The molecule has 1 aliphatic rings. The van der Waals surface area contributed by atoms with Crippen LogP contribution in [0.3, 0.4) is 0 Å². The lowest BCUT2D eigenvalue weighted by Crippen LogP contribution is -2.29. The molecule has 1 atom stereocenters. The molecule has 8 nitrogen and oxygen atoms in total. The molecule has 2 aromatic carbocycles. The molecule has 180 valence electrons. The van der Waals surface area contributed by atoms with Crippen LogP contribution < -0.4 is 9.64 Å². The van der Waals surface area contributed by atoms with E-state index in [1.54, 1.807) is 56.3 Å². The van der Waals surface area contributed by atoms with Crippen LogP contribution >= 0.6 is 22.9 Å². The number of methoxy groups -OCH3 is 2. The third-order valence-corrected chi connectivity index (χ3v) is 7.07. The molecule has 1 N–H and O–H groups in total. The molecule has 1 fully saturated rings. The number of ether oxygens (including phenoxy) is 2. The molecule has 1 amide bonds. The minimum absolute atomic E-state index is 0.0990. The number of hydrogen-bond acceptors (Lipinski definition) is 8. The van der Waals surface area contributed by atoms with E-state index in [9.17, 15) is 19.5 Å². The molecule has 0 bridgehead atoms. The summed E-state index contributed by atoms with van der Waals surface area (Å²) in [5, 5.41) is 11.9. The number of carbonyl (C=O) groups is 3. The second-order valence-corrected chi connectivity index (χ2v) is 9.22. The second kappa shape index (κ2) is 9.52. The second-order valence-electron chi connectivity index (χ2n) is 7.80. The number of Topliss-reactive ketones (excluding diaryl/α,β-unsaturated/α-hetero) is 1. The smallest absolute Gasteiger partial charge is 0.350 e. The minimum atomic E-state index is -0.996. The highest BCUT2D eigenvalue weighted by Gasteiger charge is 2.48. The zero-order chi connectivity index (χ0) is 25.4. The average molecular weight is 513 g/mol. The van der Waals surface area contributed by atoms with Gasteiger partial charge in [0, 0.05) is 10.6 Å². The normalized spacial score (nSPS) is 17.1. The van der Waals surface area contributed by atoms with Gasteiger partial charge in [0.25, 0.3) is 5.78 Å². The lowest BCUT2D eigenvalue weighted by atomic mass is 9.94. The predicted molar refractivity (Wildman–Crippen MR) is 132 cm³/mol. The summed E-state index contributed by atoms with van der Waals surface area (Å²) >= 11 is 7.00. The van der Waals surface area contributed by atoms with E-state index >= 15 is 0 Å². The van der Waals surface area contributed by atoms with E-state index in [0.29, 0.717) is 33.2 Å². The van der Waals surface area contributed by atoms with Gasteiger partial charge in [0.1, 0.15) is 16.4 Å². The van der Waals surface area contributed by atoms with Crippen LogP contribution in [0, 0.1) is 13.8 Å². The fraction of sp³-hybridized carbons (Fsp3) is 0.200. The average Bonchev–Trinajstić information content (AvgIpc) is 3.35. The molecule has 10 heteroatoms. The van der Waals surface area contributed by atoms with Gasteiger partial charge >= 0.3 is 11.9 Å². The number of thiazole rings is 1. The summed E-state index contributed by atoms with van der Waals surface area (Å²) in [6.45, 7) is 3.37. The van der Waals surface area contributed by atoms with E-state index in [1.807, 2.05) is 0 Å². The molecule has 0 aliphatic carbocycles. The summed E-state index contributed by atoms with van der Waals surface area (Å²) in [7, 11) is 2.78. The topological polar surface area (TPSA) is 106 Å². The lowest BCUT2D eigenvalue weighted by Gasteiger charge is -2.23. The van der Waals surface area contributed by atoms with Gasteiger partial charge in [0.15, 0.2) is 5.13 Å². The van der Waals surface area contributed by atoms with Gasteiger partial charge in [-0.25, -0.2) is 9.78 Å². The SMILES string of the molecule is COC(=O)c1sc(N2C(=O)C(=O)C(=C(O)c3ccc(OC)cc3C)[C@@H]2c2ccc(Cl)cc2)nc1C. The summed E-state index contributed by atoms with van der Waals surface area (Å²) < 4.78 is 10.0. The fourth-order valence-electron chi connectivity index (χ4n) is 3.93. The van der Waals surface area contributed by atoms with E-state index in [1.165, 1.54) is 19.1 Å². The predicted octanol–water partition coefficient (Wildman–Crippen LogP) is 4.83. The number of halogens is 1. The van der Waals surface area contributed by atoms with E-state index in [-0.39, 0.29) is 21.3 Å². The Balaban J connectivity index is 1.94. The Bertz CT molecular complexity index is 1380. The highest BCUT2D eigenvalue weighted by atomic mass is 35.5. The number of aliphatic hydroxyl groups excluding tert-OH is 1. The van der Waals surface area contributed by atoms with Gasteiger partial charge in [-0.05, 0) is 55.3 Å². The van der Waals surface area contributed by atoms with Crippen LogP contribution in [0.2, 0.25) is 5.02 Å². The number of carbonyl (C=O) groups excluding carboxylic acids is 3. The molecule has 1 aliphatic heterocycles. The summed E-state index contributed by atoms with van der Waals surface area (Å²) in [5.41, 5.74) is 1.83. The monoisotopic (exact) mass is 512 g/mol. The van der Waals surface area contributed by atoms with Crippen molar-refractivity contribution in [3.8, 4) is 5.75 Å². The van der Waals surface area contributed by atoms with E-state index < -0.39 is 23.7 Å². The van der Waals surface area contributed by atoms with Crippen molar-refractivity contribution in [3.63, 3.8) is 0 Å². The van der Waals surface area contributed by atoms with Crippen LogP contribution in [0.15, 0.2) is 48.0 Å². The zero-order valence-electron chi connectivity index (χ0n) is 19.3. The summed E-state index contributed by atoms with van der Waals surface area (Å²) in [6.07, 6.45) is 0. The maximum atomic E-state index is 13.3. The van der Waals surface area contributed by atoms with Crippen molar-refractivity contribution in [1.82, 2.24) is 4.98 Å². The Kier molecular flexibility index (Phi) is 6.64. The lowest BCUT2D eigenvalue weighted by molar-refractivity contribution is -0.132. The zero-order valence-corrected chi connectivity index (χ0v) is 20.9. The van der Waals surface area contributed by atoms with Crippen molar-refractivity contribution in [1.29, 1.82) is 0 Å². The van der Waals surface area contributed by atoms with E-state index in [4.69, 9.17) is 21.1 Å². The van der Waals surface area contributed by atoms with Gasteiger partial charge < -0.3 is 14.6 Å². The molecular formula is C25H21ClN2O6S. The van der Waals surface area contributed by atoms with Crippen LogP contribution in [-0.2, 0) is 14.3 Å². The van der Waals surface area contributed by atoms with Gasteiger partial charge in [0.2, 0.25) is 0 Å². The first kappa shape index (κ1) is 24.4. The minimum Gasteiger partial charge on any atom is -0.507 e. The molecule has 3 aromatic rings. The number of rotatable bonds is 5.